The van der Waals surface area contributed by atoms with Crippen molar-refractivity contribution in [1.82, 2.24) is 14.5 Å². The van der Waals surface area contributed by atoms with Gasteiger partial charge in [-0.25, -0.2) is 9.97 Å². The second-order valence-electron chi connectivity index (χ2n) is 6.39. The molecular weight excluding hydrogens is 402 g/mol. The Morgan fingerprint density at radius 3 is 2.50 bits per heavy atom. The summed E-state index contributed by atoms with van der Waals surface area (Å²) in [7, 11) is 1.63. The molecule has 0 aliphatic carbocycles. The highest BCUT2D eigenvalue weighted by Crippen LogP contribution is 2.30. The first kappa shape index (κ1) is 18.0. The summed E-state index contributed by atoms with van der Waals surface area (Å²) in [4.78, 5) is 31.6. The van der Waals surface area contributed by atoms with E-state index < -0.39 is 10.5 Å². The summed E-state index contributed by atoms with van der Waals surface area (Å²) >= 11 is 3.30. The summed E-state index contributed by atoms with van der Waals surface area (Å²) in [6, 6.07) is 5.83. The molecule has 0 saturated carbocycles. The number of halogens is 1. The molecule has 2 heterocycles. The molecule has 0 unspecified atom stereocenters. The van der Waals surface area contributed by atoms with Gasteiger partial charge in [0, 0.05) is 43.0 Å². The lowest BCUT2D eigenvalue weighted by molar-refractivity contribution is -0.384. The number of fused-ring (bicyclic) bond motifs is 1. The third kappa shape index (κ3) is 3.30. The van der Waals surface area contributed by atoms with E-state index in [-0.39, 0.29) is 11.2 Å². The van der Waals surface area contributed by atoms with Gasteiger partial charge in [-0.15, -0.1) is 0 Å². The van der Waals surface area contributed by atoms with Gasteiger partial charge in [0.15, 0.2) is 5.82 Å². The molecule has 3 aromatic rings. The highest BCUT2D eigenvalue weighted by Gasteiger charge is 2.25. The lowest BCUT2D eigenvalue weighted by Crippen LogP contribution is -2.31. The van der Waals surface area contributed by atoms with E-state index in [1.54, 1.807) is 25.5 Å². The Morgan fingerprint density at radius 2 is 1.88 bits per heavy atom. The van der Waals surface area contributed by atoms with E-state index in [0.717, 1.165) is 4.47 Å². The number of benzene rings is 1. The number of pyridine rings is 1. The number of nitro groups is 1. The van der Waals surface area contributed by atoms with E-state index in [1.807, 2.05) is 13.8 Å². The first-order chi connectivity index (χ1) is 12.2. The van der Waals surface area contributed by atoms with Crippen molar-refractivity contribution in [3.05, 3.63) is 67.4 Å². The minimum atomic E-state index is -0.704. The van der Waals surface area contributed by atoms with Crippen LogP contribution < -0.4 is 10.9 Å². The van der Waals surface area contributed by atoms with Crippen molar-refractivity contribution in [1.29, 1.82) is 0 Å². The van der Waals surface area contributed by atoms with Gasteiger partial charge in [0.1, 0.15) is 0 Å². The van der Waals surface area contributed by atoms with Crippen LogP contribution in [0.4, 0.5) is 11.4 Å². The predicted molar refractivity (Wildman–Crippen MR) is 102 cm³/mol. The first-order valence-corrected chi connectivity index (χ1v) is 8.53. The highest BCUT2D eigenvalue weighted by molar-refractivity contribution is 9.10. The Labute approximate surface area is 157 Å². The SMILES string of the molecule is Cn1c(=O)cc(NC(C)(C)c2ncc(Br)cn2)c2cc([N+](=O)[O-])ccc21. The monoisotopic (exact) mass is 417 g/mol. The van der Waals surface area contributed by atoms with Gasteiger partial charge < -0.3 is 9.88 Å². The van der Waals surface area contributed by atoms with E-state index in [0.29, 0.717) is 22.4 Å². The smallest absolute Gasteiger partial charge is 0.270 e. The van der Waals surface area contributed by atoms with Crippen molar-refractivity contribution in [2.24, 2.45) is 7.05 Å². The molecule has 134 valence electrons. The third-order valence-corrected chi connectivity index (χ3v) is 4.48. The molecule has 8 nitrogen and oxygen atoms in total. The Kier molecular flexibility index (Phi) is 4.49. The summed E-state index contributed by atoms with van der Waals surface area (Å²) < 4.78 is 2.21. The molecule has 0 saturated heterocycles. The van der Waals surface area contributed by atoms with Crippen LogP contribution in [0.1, 0.15) is 19.7 Å². The topological polar surface area (TPSA) is 103 Å². The molecule has 0 atom stereocenters. The predicted octanol–water partition coefficient (Wildman–Crippen LogP) is 3.35. The van der Waals surface area contributed by atoms with E-state index >= 15 is 0 Å². The number of aromatic nitrogens is 3. The highest BCUT2D eigenvalue weighted by atomic mass is 79.9. The van der Waals surface area contributed by atoms with Crippen LogP contribution in [0.3, 0.4) is 0 Å². The molecule has 2 aromatic heterocycles. The van der Waals surface area contributed by atoms with Crippen LogP contribution in [0.25, 0.3) is 10.9 Å². The summed E-state index contributed by atoms with van der Waals surface area (Å²) in [6.45, 7) is 3.74. The van der Waals surface area contributed by atoms with Crippen LogP contribution in [0.5, 0.6) is 0 Å². The fourth-order valence-corrected chi connectivity index (χ4v) is 2.90. The average Bonchev–Trinajstić information content (AvgIpc) is 2.59. The van der Waals surface area contributed by atoms with Crippen molar-refractivity contribution >= 4 is 38.2 Å². The van der Waals surface area contributed by atoms with Crippen LogP contribution in [0.2, 0.25) is 0 Å². The van der Waals surface area contributed by atoms with E-state index in [1.165, 1.54) is 22.8 Å². The average molecular weight is 418 g/mol. The van der Waals surface area contributed by atoms with Gasteiger partial charge in [0.25, 0.3) is 11.2 Å². The van der Waals surface area contributed by atoms with Crippen molar-refractivity contribution in [3.63, 3.8) is 0 Å². The number of non-ortho nitro benzene ring substituents is 1. The second-order valence-corrected chi connectivity index (χ2v) is 7.30. The maximum absolute atomic E-state index is 12.3. The molecule has 3 rings (SSSR count). The van der Waals surface area contributed by atoms with Crippen LogP contribution in [0.15, 0.2) is 45.9 Å². The Bertz CT molecular complexity index is 1060. The maximum atomic E-state index is 12.3. The van der Waals surface area contributed by atoms with Gasteiger partial charge in [0.05, 0.1) is 26.1 Å². The molecule has 1 N–H and O–H groups in total. The molecule has 0 radical (unpaired) electrons. The van der Waals surface area contributed by atoms with Crippen molar-refractivity contribution in [2.45, 2.75) is 19.4 Å². The lowest BCUT2D eigenvalue weighted by Gasteiger charge is -2.26. The number of aryl methyl sites for hydroxylation is 1. The molecular formula is C17H16BrN5O3. The molecule has 0 spiro atoms. The van der Waals surface area contributed by atoms with Gasteiger partial charge >= 0.3 is 0 Å². The zero-order valence-electron chi connectivity index (χ0n) is 14.4. The van der Waals surface area contributed by atoms with Crippen LogP contribution in [-0.4, -0.2) is 19.5 Å². The summed E-state index contributed by atoms with van der Waals surface area (Å²) in [5, 5.41) is 15.0. The number of nitrogens with one attached hydrogen (secondary N) is 1. The fourth-order valence-electron chi connectivity index (χ4n) is 2.69. The van der Waals surface area contributed by atoms with Crippen LogP contribution in [0, 0.1) is 10.1 Å². The lowest BCUT2D eigenvalue weighted by atomic mass is 10.0. The molecule has 0 bridgehead atoms. The maximum Gasteiger partial charge on any atom is 0.270 e. The summed E-state index contributed by atoms with van der Waals surface area (Å²) in [5.74, 6) is 0.528. The zero-order valence-corrected chi connectivity index (χ0v) is 15.9. The van der Waals surface area contributed by atoms with E-state index in [9.17, 15) is 14.9 Å². The van der Waals surface area contributed by atoms with Crippen molar-refractivity contribution < 1.29 is 4.92 Å². The minimum Gasteiger partial charge on any atom is -0.372 e. The first-order valence-electron chi connectivity index (χ1n) is 7.73. The summed E-state index contributed by atoms with van der Waals surface area (Å²) in [5.41, 5.74) is 0.115. The van der Waals surface area contributed by atoms with E-state index in [4.69, 9.17) is 0 Å². The molecule has 1 aromatic carbocycles. The van der Waals surface area contributed by atoms with Gasteiger partial charge in [-0.05, 0) is 35.8 Å². The second kappa shape index (κ2) is 6.49. The molecule has 0 aliphatic heterocycles. The van der Waals surface area contributed by atoms with Crippen molar-refractivity contribution in [2.75, 3.05) is 5.32 Å². The fraction of sp³-hybridized carbons (Fsp3) is 0.235. The number of rotatable bonds is 4. The molecule has 0 aliphatic rings. The minimum absolute atomic E-state index is 0.0445. The zero-order chi connectivity index (χ0) is 19.1. The molecule has 0 amide bonds. The van der Waals surface area contributed by atoms with Crippen LogP contribution >= 0.6 is 15.9 Å². The number of nitro benzene ring substituents is 1. The Balaban J connectivity index is 2.15. The quantitative estimate of drug-likeness (QED) is 0.515. The van der Waals surface area contributed by atoms with Gasteiger partial charge in [0.2, 0.25) is 0 Å². The van der Waals surface area contributed by atoms with E-state index in [2.05, 4.69) is 31.2 Å². The normalized spacial score (nSPS) is 11.5. The standard InChI is InChI=1S/C17H16BrN5O3/c1-17(2,16-19-8-10(18)9-20-16)21-13-7-15(24)22(3)14-5-4-11(23(25)26)6-12(13)14/h4-9,21H,1-3H3. The number of anilines is 1. The molecule has 9 heteroatoms. The number of hydrogen-bond acceptors (Lipinski definition) is 6. The largest absolute Gasteiger partial charge is 0.372 e. The third-order valence-electron chi connectivity index (χ3n) is 4.07. The van der Waals surface area contributed by atoms with Gasteiger partial charge in [-0.3, -0.25) is 14.9 Å². The van der Waals surface area contributed by atoms with Crippen molar-refractivity contribution in [3.8, 4) is 0 Å². The Hall–Kier alpha value is -2.81. The van der Waals surface area contributed by atoms with Gasteiger partial charge in [-0.2, -0.15) is 0 Å². The Morgan fingerprint density at radius 1 is 1.23 bits per heavy atom. The number of hydrogen-bond donors (Lipinski definition) is 1. The molecule has 26 heavy (non-hydrogen) atoms. The molecule has 0 fully saturated rings. The summed E-state index contributed by atoms with van der Waals surface area (Å²) in [6.07, 6.45) is 3.28. The number of nitrogens with zero attached hydrogens (tertiary/aromatic N) is 4. The van der Waals surface area contributed by atoms with Gasteiger partial charge in [-0.1, -0.05) is 0 Å². The van der Waals surface area contributed by atoms with Crippen LogP contribution in [-0.2, 0) is 12.6 Å².